The molecule has 3 aromatic heterocycles. The molecule has 2 aliphatic rings. The molecular formula is C22H21F2N5O4. The molecule has 0 spiro atoms. The van der Waals surface area contributed by atoms with Crippen molar-refractivity contribution in [1.29, 1.82) is 0 Å². The van der Waals surface area contributed by atoms with Crippen molar-refractivity contribution in [1.82, 2.24) is 19.9 Å². The van der Waals surface area contributed by atoms with Crippen LogP contribution in [0.25, 0.3) is 10.9 Å². The SMILES string of the molecule is C[C@@H]1COC[C@H](c2ccc(OC(F)F)nc2)N1C(=O)c1cc2c3c(c(N)nc2cn1)COC3. The van der Waals surface area contributed by atoms with E-state index in [9.17, 15) is 13.6 Å². The molecule has 11 heteroatoms. The van der Waals surface area contributed by atoms with E-state index in [2.05, 4.69) is 19.7 Å². The lowest BCUT2D eigenvalue weighted by molar-refractivity contribution is -0.0530. The molecule has 1 saturated heterocycles. The van der Waals surface area contributed by atoms with E-state index in [1.165, 1.54) is 18.5 Å². The van der Waals surface area contributed by atoms with Gasteiger partial charge in [0.2, 0.25) is 5.88 Å². The number of pyridine rings is 3. The molecule has 1 amide bonds. The lowest BCUT2D eigenvalue weighted by Gasteiger charge is -2.40. The quantitative estimate of drug-likeness (QED) is 0.637. The molecule has 0 aromatic carbocycles. The average Bonchev–Trinajstić information content (AvgIpc) is 3.30. The van der Waals surface area contributed by atoms with Gasteiger partial charge in [0.25, 0.3) is 5.91 Å². The van der Waals surface area contributed by atoms with Gasteiger partial charge in [0, 0.05) is 23.2 Å². The summed E-state index contributed by atoms with van der Waals surface area (Å²) in [4.78, 5) is 27.9. The number of nitrogens with two attached hydrogens (primary N) is 1. The number of anilines is 1. The highest BCUT2D eigenvalue weighted by Crippen LogP contribution is 2.33. The molecule has 0 aliphatic carbocycles. The third-order valence-corrected chi connectivity index (χ3v) is 5.87. The van der Waals surface area contributed by atoms with Crippen LogP contribution in [0.1, 0.15) is 40.1 Å². The van der Waals surface area contributed by atoms with E-state index in [4.69, 9.17) is 15.2 Å². The molecule has 0 radical (unpaired) electrons. The number of carbonyl (C=O) groups is 1. The first-order chi connectivity index (χ1) is 15.9. The first kappa shape index (κ1) is 21.4. The molecule has 5 rings (SSSR count). The Bertz CT molecular complexity index is 1210. The van der Waals surface area contributed by atoms with Crippen LogP contribution in [0.3, 0.4) is 0 Å². The highest BCUT2D eigenvalue weighted by atomic mass is 19.3. The minimum Gasteiger partial charge on any atom is -0.417 e. The number of fused-ring (bicyclic) bond motifs is 3. The first-order valence-corrected chi connectivity index (χ1v) is 10.4. The van der Waals surface area contributed by atoms with Crippen molar-refractivity contribution in [2.24, 2.45) is 0 Å². The molecule has 0 bridgehead atoms. The Labute approximate surface area is 187 Å². The molecule has 172 valence electrons. The Morgan fingerprint density at radius 3 is 2.76 bits per heavy atom. The lowest BCUT2D eigenvalue weighted by Crippen LogP contribution is -2.49. The number of carbonyl (C=O) groups excluding carboxylic acids is 1. The maximum atomic E-state index is 13.6. The number of amides is 1. The predicted octanol–water partition coefficient (Wildman–Crippen LogP) is 2.84. The fraction of sp³-hybridized carbons (Fsp3) is 0.364. The summed E-state index contributed by atoms with van der Waals surface area (Å²) in [6.07, 6.45) is 2.95. The second kappa shape index (κ2) is 8.49. The molecule has 2 N–H and O–H groups in total. The summed E-state index contributed by atoms with van der Waals surface area (Å²) in [6, 6.07) is 3.95. The number of alkyl halides is 2. The Hall–Kier alpha value is -3.44. The number of rotatable bonds is 4. The van der Waals surface area contributed by atoms with Gasteiger partial charge in [0.1, 0.15) is 11.5 Å². The molecule has 9 nitrogen and oxygen atoms in total. The number of nitrogens with zero attached hydrogens (tertiary/aromatic N) is 4. The monoisotopic (exact) mass is 457 g/mol. The summed E-state index contributed by atoms with van der Waals surface area (Å²) in [6.45, 7) is 0.289. The van der Waals surface area contributed by atoms with Gasteiger partial charge in [-0.2, -0.15) is 8.78 Å². The van der Waals surface area contributed by atoms with Gasteiger partial charge in [0.15, 0.2) is 0 Å². The van der Waals surface area contributed by atoms with Gasteiger partial charge >= 0.3 is 6.61 Å². The van der Waals surface area contributed by atoms with E-state index in [-0.39, 0.29) is 30.1 Å². The zero-order valence-corrected chi connectivity index (χ0v) is 17.7. The standard InChI is InChI=1S/C22H21F2N5O4/c1-11-7-31-10-18(12-2-3-19(27-5-12)33-22(23)24)29(11)21(30)16-4-13-14-8-32-9-15(14)20(25)28-17(13)6-26-16/h2-6,11,18,22H,7-10H2,1H3,(H2,25,28)/t11-,18-/m1/s1. The number of hydrogen-bond acceptors (Lipinski definition) is 8. The zero-order chi connectivity index (χ0) is 23.1. The largest absolute Gasteiger partial charge is 0.417 e. The second-order valence-corrected chi connectivity index (χ2v) is 7.96. The highest BCUT2D eigenvalue weighted by Gasteiger charge is 2.35. The van der Waals surface area contributed by atoms with Crippen molar-refractivity contribution in [3.63, 3.8) is 0 Å². The van der Waals surface area contributed by atoms with Crippen molar-refractivity contribution in [3.8, 4) is 5.88 Å². The summed E-state index contributed by atoms with van der Waals surface area (Å²) < 4.78 is 40.4. The van der Waals surface area contributed by atoms with Gasteiger partial charge in [-0.25, -0.2) is 15.0 Å². The number of ether oxygens (including phenoxy) is 3. The van der Waals surface area contributed by atoms with E-state index in [1.54, 1.807) is 17.0 Å². The molecule has 0 saturated carbocycles. The fourth-order valence-electron chi connectivity index (χ4n) is 4.29. The van der Waals surface area contributed by atoms with Crippen LogP contribution in [0.5, 0.6) is 5.88 Å². The van der Waals surface area contributed by atoms with E-state index in [0.717, 1.165) is 16.5 Å². The van der Waals surface area contributed by atoms with Crippen molar-refractivity contribution in [2.45, 2.75) is 38.8 Å². The predicted molar refractivity (Wildman–Crippen MR) is 113 cm³/mol. The fourth-order valence-corrected chi connectivity index (χ4v) is 4.29. The van der Waals surface area contributed by atoms with Crippen LogP contribution in [0, 0.1) is 0 Å². The van der Waals surface area contributed by atoms with Gasteiger partial charge in [-0.3, -0.25) is 4.79 Å². The molecule has 1 fully saturated rings. The Morgan fingerprint density at radius 2 is 2.00 bits per heavy atom. The summed E-state index contributed by atoms with van der Waals surface area (Å²) in [5, 5.41) is 0.780. The van der Waals surface area contributed by atoms with Crippen LogP contribution in [0.4, 0.5) is 14.6 Å². The summed E-state index contributed by atoms with van der Waals surface area (Å²) >= 11 is 0. The number of halogens is 2. The maximum Gasteiger partial charge on any atom is 0.388 e. The van der Waals surface area contributed by atoms with Crippen LogP contribution in [-0.4, -0.2) is 51.6 Å². The molecule has 2 atom stereocenters. The average molecular weight is 457 g/mol. The summed E-state index contributed by atoms with van der Waals surface area (Å²) in [5.41, 5.74) is 9.27. The van der Waals surface area contributed by atoms with Gasteiger partial charge < -0.3 is 24.8 Å². The topological polar surface area (TPSA) is 113 Å². The molecule has 0 unspecified atom stereocenters. The maximum absolute atomic E-state index is 13.6. The number of hydrogen-bond donors (Lipinski definition) is 1. The Kier molecular flexibility index (Phi) is 5.51. The van der Waals surface area contributed by atoms with Crippen molar-refractivity contribution >= 4 is 22.6 Å². The minimum atomic E-state index is -2.96. The Balaban J connectivity index is 1.49. The smallest absolute Gasteiger partial charge is 0.388 e. The van der Waals surface area contributed by atoms with Gasteiger partial charge in [-0.05, 0) is 30.2 Å². The second-order valence-electron chi connectivity index (χ2n) is 7.96. The van der Waals surface area contributed by atoms with Crippen molar-refractivity contribution in [3.05, 3.63) is 53.0 Å². The molecule has 3 aromatic rings. The zero-order valence-electron chi connectivity index (χ0n) is 17.7. The third-order valence-electron chi connectivity index (χ3n) is 5.87. The van der Waals surface area contributed by atoms with Crippen LogP contribution in [0.2, 0.25) is 0 Å². The molecule has 33 heavy (non-hydrogen) atoms. The first-order valence-electron chi connectivity index (χ1n) is 10.4. The van der Waals surface area contributed by atoms with Crippen LogP contribution in [-0.2, 0) is 22.7 Å². The molecular weight excluding hydrogens is 436 g/mol. The number of morpholine rings is 1. The molecule has 5 heterocycles. The van der Waals surface area contributed by atoms with E-state index in [1.807, 2.05) is 6.92 Å². The van der Waals surface area contributed by atoms with Gasteiger partial charge in [-0.15, -0.1) is 0 Å². The van der Waals surface area contributed by atoms with Crippen LogP contribution < -0.4 is 10.5 Å². The van der Waals surface area contributed by atoms with Crippen molar-refractivity contribution in [2.75, 3.05) is 18.9 Å². The summed E-state index contributed by atoms with van der Waals surface area (Å²) in [5.74, 6) is -0.0740. The third kappa shape index (κ3) is 3.93. The highest BCUT2D eigenvalue weighted by molar-refractivity contribution is 5.97. The summed E-state index contributed by atoms with van der Waals surface area (Å²) in [7, 11) is 0. The van der Waals surface area contributed by atoms with E-state index >= 15 is 0 Å². The number of nitrogen functional groups attached to an aromatic ring is 1. The van der Waals surface area contributed by atoms with E-state index in [0.29, 0.717) is 36.7 Å². The van der Waals surface area contributed by atoms with Gasteiger partial charge in [-0.1, -0.05) is 0 Å². The van der Waals surface area contributed by atoms with Crippen molar-refractivity contribution < 1.29 is 27.8 Å². The lowest BCUT2D eigenvalue weighted by atomic mass is 10.0. The van der Waals surface area contributed by atoms with Crippen LogP contribution >= 0.6 is 0 Å². The Morgan fingerprint density at radius 1 is 1.18 bits per heavy atom. The molecule has 2 aliphatic heterocycles. The van der Waals surface area contributed by atoms with Gasteiger partial charge in [0.05, 0.1) is 50.2 Å². The van der Waals surface area contributed by atoms with Crippen LogP contribution in [0.15, 0.2) is 30.6 Å². The number of aromatic nitrogens is 3. The minimum absolute atomic E-state index is 0.199. The van der Waals surface area contributed by atoms with E-state index < -0.39 is 12.7 Å². The normalized spacial score (nSPS) is 20.3.